The number of hydrogen-bond donors (Lipinski definition) is 2. The molecule has 1 aliphatic rings. The second-order valence-electron chi connectivity index (χ2n) is 7.12. The van der Waals surface area contributed by atoms with Gasteiger partial charge in [0, 0.05) is 13.0 Å². The summed E-state index contributed by atoms with van der Waals surface area (Å²) in [5.74, 6) is -0.509. The van der Waals surface area contributed by atoms with E-state index in [0.717, 1.165) is 25.7 Å². The SMILES string of the molecule is CC(C)(C)C(CCN)CCC(=O)N1CCCCC1C(=O)O. The molecule has 0 radical (unpaired) electrons. The third kappa shape index (κ3) is 5.30. The van der Waals surface area contributed by atoms with E-state index >= 15 is 0 Å². The number of nitrogens with two attached hydrogens (primary N) is 1. The minimum absolute atomic E-state index is 0.0200. The molecule has 5 heteroatoms. The Balaban J connectivity index is 2.60. The quantitative estimate of drug-likeness (QED) is 0.787. The van der Waals surface area contributed by atoms with Gasteiger partial charge in [-0.05, 0) is 50.0 Å². The summed E-state index contributed by atoms with van der Waals surface area (Å²) < 4.78 is 0. The number of hydrogen-bond acceptors (Lipinski definition) is 3. The first-order valence-corrected chi connectivity index (χ1v) is 7.99. The summed E-state index contributed by atoms with van der Waals surface area (Å²) in [6, 6.07) is -0.631. The fourth-order valence-corrected chi connectivity index (χ4v) is 3.14. The standard InChI is InChI=1S/C16H30N2O3/c1-16(2,3)12(9-10-17)7-8-14(19)18-11-5-4-6-13(18)15(20)21/h12-13H,4-11,17H2,1-3H3,(H,20,21). The summed E-state index contributed by atoms with van der Waals surface area (Å²) in [6.07, 6.45) is 4.47. The predicted molar refractivity (Wildman–Crippen MR) is 82.8 cm³/mol. The maximum absolute atomic E-state index is 12.4. The summed E-state index contributed by atoms with van der Waals surface area (Å²) in [5.41, 5.74) is 5.78. The molecule has 0 aromatic carbocycles. The van der Waals surface area contributed by atoms with Crippen LogP contribution in [-0.2, 0) is 9.59 Å². The van der Waals surface area contributed by atoms with Gasteiger partial charge >= 0.3 is 5.97 Å². The normalized spacial score (nSPS) is 21.1. The maximum Gasteiger partial charge on any atom is 0.326 e. The van der Waals surface area contributed by atoms with Crippen LogP contribution in [0.1, 0.15) is 59.3 Å². The van der Waals surface area contributed by atoms with Crippen LogP contribution < -0.4 is 5.73 Å². The van der Waals surface area contributed by atoms with Crippen LogP contribution in [0.15, 0.2) is 0 Å². The molecule has 0 aromatic heterocycles. The van der Waals surface area contributed by atoms with E-state index in [1.54, 1.807) is 4.90 Å². The summed E-state index contributed by atoms with van der Waals surface area (Å²) in [5, 5.41) is 9.24. The molecule has 5 nitrogen and oxygen atoms in total. The topological polar surface area (TPSA) is 83.6 Å². The molecule has 0 saturated carbocycles. The molecule has 1 aliphatic heterocycles. The maximum atomic E-state index is 12.4. The Labute approximate surface area is 127 Å². The molecule has 1 fully saturated rings. The van der Waals surface area contributed by atoms with Gasteiger partial charge in [-0.15, -0.1) is 0 Å². The van der Waals surface area contributed by atoms with Gasteiger partial charge in [-0.25, -0.2) is 4.79 Å². The number of carbonyl (C=O) groups is 2. The molecule has 1 heterocycles. The molecule has 0 bridgehead atoms. The molecule has 1 saturated heterocycles. The van der Waals surface area contributed by atoms with Crippen LogP contribution in [0.3, 0.4) is 0 Å². The zero-order valence-corrected chi connectivity index (χ0v) is 13.6. The Bertz CT molecular complexity index is 363. The van der Waals surface area contributed by atoms with Crippen molar-refractivity contribution in [1.29, 1.82) is 0 Å². The first-order valence-electron chi connectivity index (χ1n) is 7.99. The Morgan fingerprint density at radius 2 is 1.95 bits per heavy atom. The first-order chi connectivity index (χ1) is 9.77. The molecule has 0 aromatic rings. The van der Waals surface area contributed by atoms with Crippen molar-refractivity contribution in [1.82, 2.24) is 4.90 Å². The van der Waals surface area contributed by atoms with Crippen molar-refractivity contribution in [3.8, 4) is 0 Å². The highest BCUT2D eigenvalue weighted by atomic mass is 16.4. The Kier molecular flexibility index (Phi) is 6.65. The zero-order valence-electron chi connectivity index (χ0n) is 13.6. The van der Waals surface area contributed by atoms with Crippen molar-refractivity contribution < 1.29 is 14.7 Å². The van der Waals surface area contributed by atoms with Crippen molar-refractivity contribution >= 4 is 11.9 Å². The van der Waals surface area contributed by atoms with E-state index in [9.17, 15) is 14.7 Å². The number of amides is 1. The van der Waals surface area contributed by atoms with E-state index in [4.69, 9.17) is 5.73 Å². The largest absolute Gasteiger partial charge is 0.480 e. The average molecular weight is 298 g/mol. The number of carbonyl (C=O) groups excluding carboxylic acids is 1. The number of carboxylic acid groups (broad SMARTS) is 1. The first kappa shape index (κ1) is 18.0. The summed E-state index contributed by atoms with van der Waals surface area (Å²) in [4.78, 5) is 25.2. The van der Waals surface area contributed by atoms with Crippen LogP contribution in [0.2, 0.25) is 0 Å². The smallest absolute Gasteiger partial charge is 0.326 e. The molecule has 2 atom stereocenters. The lowest BCUT2D eigenvalue weighted by Crippen LogP contribution is -2.48. The van der Waals surface area contributed by atoms with Crippen molar-refractivity contribution in [2.45, 2.75) is 65.3 Å². The summed E-state index contributed by atoms with van der Waals surface area (Å²) in [7, 11) is 0. The van der Waals surface area contributed by atoms with Crippen molar-refractivity contribution in [2.75, 3.05) is 13.1 Å². The number of piperidine rings is 1. The van der Waals surface area contributed by atoms with E-state index < -0.39 is 12.0 Å². The van der Waals surface area contributed by atoms with Gasteiger partial charge in [-0.2, -0.15) is 0 Å². The lowest BCUT2D eigenvalue weighted by molar-refractivity contribution is -0.152. The van der Waals surface area contributed by atoms with Gasteiger partial charge < -0.3 is 15.7 Å². The molecular formula is C16H30N2O3. The molecule has 122 valence electrons. The minimum atomic E-state index is -0.877. The molecule has 1 rings (SSSR count). The lowest BCUT2D eigenvalue weighted by Gasteiger charge is -2.35. The highest BCUT2D eigenvalue weighted by molar-refractivity contribution is 5.83. The van der Waals surface area contributed by atoms with Crippen molar-refractivity contribution in [3.63, 3.8) is 0 Å². The second-order valence-corrected chi connectivity index (χ2v) is 7.12. The fourth-order valence-electron chi connectivity index (χ4n) is 3.14. The Hall–Kier alpha value is -1.10. The number of aliphatic carboxylic acids is 1. The Morgan fingerprint density at radius 1 is 1.29 bits per heavy atom. The van der Waals surface area contributed by atoms with E-state index in [-0.39, 0.29) is 11.3 Å². The molecule has 21 heavy (non-hydrogen) atoms. The molecule has 3 N–H and O–H groups in total. The molecule has 0 spiro atoms. The van der Waals surface area contributed by atoms with Gasteiger partial charge in [-0.3, -0.25) is 4.79 Å². The highest BCUT2D eigenvalue weighted by Gasteiger charge is 2.32. The van der Waals surface area contributed by atoms with Crippen molar-refractivity contribution in [3.05, 3.63) is 0 Å². The molecule has 0 aliphatic carbocycles. The average Bonchev–Trinajstić information content (AvgIpc) is 2.41. The third-order valence-corrected chi connectivity index (χ3v) is 4.55. The van der Waals surface area contributed by atoms with Crippen LogP contribution >= 0.6 is 0 Å². The molecule has 2 unspecified atom stereocenters. The lowest BCUT2D eigenvalue weighted by atomic mass is 9.76. The molecular weight excluding hydrogens is 268 g/mol. The summed E-state index contributed by atoms with van der Waals surface area (Å²) >= 11 is 0. The van der Waals surface area contributed by atoms with Crippen LogP contribution in [0.5, 0.6) is 0 Å². The number of likely N-dealkylation sites (tertiary alicyclic amines) is 1. The van der Waals surface area contributed by atoms with E-state index in [2.05, 4.69) is 20.8 Å². The highest BCUT2D eigenvalue weighted by Crippen LogP contribution is 2.32. The van der Waals surface area contributed by atoms with Gasteiger partial charge in [-0.1, -0.05) is 20.8 Å². The van der Waals surface area contributed by atoms with Crippen LogP contribution in [0.4, 0.5) is 0 Å². The van der Waals surface area contributed by atoms with Gasteiger partial charge in [0.05, 0.1) is 0 Å². The number of nitrogens with zero attached hydrogens (tertiary/aromatic N) is 1. The van der Waals surface area contributed by atoms with Gasteiger partial charge in [0.2, 0.25) is 5.91 Å². The van der Waals surface area contributed by atoms with Crippen LogP contribution in [0, 0.1) is 11.3 Å². The summed E-state index contributed by atoms with van der Waals surface area (Å²) in [6.45, 7) is 7.70. The van der Waals surface area contributed by atoms with Gasteiger partial charge in [0.25, 0.3) is 0 Å². The number of rotatable bonds is 6. The predicted octanol–water partition coefficient (Wildman–Crippen LogP) is 2.24. The van der Waals surface area contributed by atoms with Gasteiger partial charge in [0.1, 0.15) is 6.04 Å². The van der Waals surface area contributed by atoms with Gasteiger partial charge in [0.15, 0.2) is 0 Å². The monoisotopic (exact) mass is 298 g/mol. The van der Waals surface area contributed by atoms with E-state index in [0.29, 0.717) is 31.8 Å². The van der Waals surface area contributed by atoms with E-state index in [1.165, 1.54) is 0 Å². The zero-order chi connectivity index (χ0) is 16.0. The van der Waals surface area contributed by atoms with Crippen LogP contribution in [0.25, 0.3) is 0 Å². The number of carboxylic acids is 1. The second kappa shape index (κ2) is 7.78. The van der Waals surface area contributed by atoms with Crippen molar-refractivity contribution in [2.24, 2.45) is 17.1 Å². The van der Waals surface area contributed by atoms with Crippen LogP contribution in [-0.4, -0.2) is 41.0 Å². The Morgan fingerprint density at radius 3 is 2.48 bits per heavy atom. The molecule has 1 amide bonds. The fraction of sp³-hybridized carbons (Fsp3) is 0.875. The third-order valence-electron chi connectivity index (χ3n) is 4.55. The van der Waals surface area contributed by atoms with E-state index in [1.807, 2.05) is 0 Å². The minimum Gasteiger partial charge on any atom is -0.480 e.